The number of rotatable bonds is 7. The van der Waals surface area contributed by atoms with Crippen LogP contribution in [0.4, 0.5) is 0 Å². The molecule has 1 atom stereocenters. The normalized spacial score (nSPS) is 16.9. The van der Waals surface area contributed by atoms with Crippen LogP contribution in [0, 0.1) is 0 Å². The van der Waals surface area contributed by atoms with Crippen molar-refractivity contribution in [2.75, 3.05) is 20.6 Å². The Morgan fingerprint density at radius 2 is 1.52 bits per heavy atom. The molecule has 1 aliphatic carbocycles. The zero-order valence-electron chi connectivity index (χ0n) is 15.7. The second-order valence-electron chi connectivity index (χ2n) is 7.50. The van der Waals surface area contributed by atoms with Crippen molar-refractivity contribution >= 4 is 11.8 Å². The lowest BCUT2D eigenvalue weighted by Gasteiger charge is -2.22. The van der Waals surface area contributed by atoms with E-state index in [-0.39, 0.29) is 0 Å². The molecule has 1 aliphatic rings. The average Bonchev–Trinajstić information content (AvgIpc) is 2.65. The summed E-state index contributed by atoms with van der Waals surface area (Å²) in [5.74, 6) is 0.484. The van der Waals surface area contributed by atoms with E-state index < -0.39 is 0 Å². The maximum Gasteiger partial charge on any atom is 0.0101 e. The molecular weight excluding hydrogens is 322 g/mol. The molecule has 1 fully saturated rings. The SMILES string of the molecule is CN(C)CCC(c1ccccc1)c1ccc(SC2CCCCC2)cc1. The molecule has 0 amide bonds. The van der Waals surface area contributed by atoms with Gasteiger partial charge in [-0.2, -0.15) is 0 Å². The van der Waals surface area contributed by atoms with Gasteiger partial charge in [0.1, 0.15) is 0 Å². The highest BCUT2D eigenvalue weighted by Crippen LogP contribution is 2.35. The van der Waals surface area contributed by atoms with Gasteiger partial charge in [0.2, 0.25) is 0 Å². The van der Waals surface area contributed by atoms with Crippen LogP contribution < -0.4 is 0 Å². The van der Waals surface area contributed by atoms with Gasteiger partial charge in [0.15, 0.2) is 0 Å². The molecule has 1 saturated carbocycles. The Hall–Kier alpha value is -1.25. The van der Waals surface area contributed by atoms with Gasteiger partial charge in [-0.15, -0.1) is 11.8 Å². The first kappa shape index (κ1) is 18.5. The summed E-state index contributed by atoms with van der Waals surface area (Å²) in [4.78, 5) is 3.72. The molecule has 0 saturated heterocycles. The first-order valence-electron chi connectivity index (χ1n) is 9.68. The van der Waals surface area contributed by atoms with E-state index in [9.17, 15) is 0 Å². The first-order chi connectivity index (χ1) is 12.2. The zero-order chi connectivity index (χ0) is 17.5. The second kappa shape index (κ2) is 9.45. The molecule has 134 valence electrons. The minimum absolute atomic E-state index is 0.484. The lowest BCUT2D eigenvalue weighted by atomic mass is 9.88. The van der Waals surface area contributed by atoms with Crippen molar-refractivity contribution in [1.82, 2.24) is 4.90 Å². The summed E-state index contributed by atoms with van der Waals surface area (Å²) in [6.45, 7) is 1.11. The van der Waals surface area contributed by atoms with E-state index in [4.69, 9.17) is 0 Å². The predicted molar refractivity (Wildman–Crippen MR) is 111 cm³/mol. The molecule has 0 heterocycles. The van der Waals surface area contributed by atoms with Gasteiger partial charge in [-0.1, -0.05) is 61.7 Å². The van der Waals surface area contributed by atoms with Crippen LogP contribution >= 0.6 is 11.8 Å². The Kier molecular flexibility index (Phi) is 7.01. The van der Waals surface area contributed by atoms with Crippen LogP contribution in [0.2, 0.25) is 0 Å². The summed E-state index contributed by atoms with van der Waals surface area (Å²) >= 11 is 2.09. The highest BCUT2D eigenvalue weighted by atomic mass is 32.2. The van der Waals surface area contributed by atoms with Gasteiger partial charge in [0, 0.05) is 16.1 Å². The molecule has 0 aliphatic heterocycles. The van der Waals surface area contributed by atoms with Crippen LogP contribution in [0.5, 0.6) is 0 Å². The summed E-state index contributed by atoms with van der Waals surface area (Å²) in [7, 11) is 4.32. The first-order valence-corrected chi connectivity index (χ1v) is 10.6. The molecule has 1 unspecified atom stereocenters. The van der Waals surface area contributed by atoms with Gasteiger partial charge in [-0.05, 0) is 63.2 Å². The molecule has 3 rings (SSSR count). The van der Waals surface area contributed by atoms with Crippen molar-refractivity contribution in [3.8, 4) is 0 Å². The fourth-order valence-corrected chi connectivity index (χ4v) is 5.00. The smallest absolute Gasteiger partial charge is 0.0101 e. The number of thioether (sulfide) groups is 1. The zero-order valence-corrected chi connectivity index (χ0v) is 16.5. The molecule has 0 aromatic heterocycles. The van der Waals surface area contributed by atoms with Crippen LogP contribution in [0.1, 0.15) is 55.6 Å². The maximum atomic E-state index is 2.36. The maximum absolute atomic E-state index is 2.36. The molecule has 0 spiro atoms. The second-order valence-corrected chi connectivity index (χ2v) is 8.88. The largest absolute Gasteiger partial charge is 0.309 e. The number of benzene rings is 2. The molecule has 2 heteroatoms. The minimum Gasteiger partial charge on any atom is -0.309 e. The van der Waals surface area contributed by atoms with Gasteiger partial charge in [-0.25, -0.2) is 0 Å². The van der Waals surface area contributed by atoms with Crippen molar-refractivity contribution in [2.24, 2.45) is 0 Å². The van der Waals surface area contributed by atoms with E-state index in [2.05, 4.69) is 85.4 Å². The van der Waals surface area contributed by atoms with Gasteiger partial charge in [0.05, 0.1) is 0 Å². The Bertz CT molecular complexity index is 614. The summed E-state index contributed by atoms with van der Waals surface area (Å²) < 4.78 is 0. The van der Waals surface area contributed by atoms with Gasteiger partial charge in [0.25, 0.3) is 0 Å². The average molecular weight is 354 g/mol. The van der Waals surface area contributed by atoms with Crippen LogP contribution in [0.25, 0.3) is 0 Å². The van der Waals surface area contributed by atoms with Crippen molar-refractivity contribution < 1.29 is 0 Å². The molecule has 0 N–H and O–H groups in total. The van der Waals surface area contributed by atoms with Crippen LogP contribution in [-0.2, 0) is 0 Å². The van der Waals surface area contributed by atoms with Crippen molar-refractivity contribution in [1.29, 1.82) is 0 Å². The summed E-state index contributed by atoms with van der Waals surface area (Å²) in [5.41, 5.74) is 2.87. The highest BCUT2D eigenvalue weighted by molar-refractivity contribution is 8.00. The highest BCUT2D eigenvalue weighted by Gasteiger charge is 2.17. The Labute approximate surface area is 157 Å². The fraction of sp³-hybridized carbons (Fsp3) is 0.478. The van der Waals surface area contributed by atoms with Crippen LogP contribution in [-0.4, -0.2) is 30.8 Å². The van der Waals surface area contributed by atoms with Crippen molar-refractivity contribution in [3.63, 3.8) is 0 Å². The Balaban J connectivity index is 1.71. The standard InChI is InChI=1S/C23H31NS/c1-24(2)18-17-23(19-9-5-3-6-10-19)20-13-15-22(16-14-20)25-21-11-7-4-8-12-21/h3,5-6,9-10,13-16,21,23H,4,7-8,11-12,17-18H2,1-2H3. The van der Waals surface area contributed by atoms with Crippen molar-refractivity contribution in [3.05, 3.63) is 65.7 Å². The summed E-state index contributed by atoms with van der Waals surface area (Å²) in [6, 6.07) is 20.4. The van der Waals surface area contributed by atoms with Crippen molar-refractivity contribution in [2.45, 2.75) is 54.6 Å². The Morgan fingerprint density at radius 1 is 0.880 bits per heavy atom. The van der Waals surface area contributed by atoms with E-state index in [1.54, 1.807) is 0 Å². The quantitative estimate of drug-likeness (QED) is 0.583. The monoisotopic (exact) mass is 353 g/mol. The van der Waals surface area contributed by atoms with E-state index in [0.717, 1.165) is 18.2 Å². The molecular formula is C23H31NS. The van der Waals surface area contributed by atoms with Gasteiger partial charge < -0.3 is 4.90 Å². The summed E-state index contributed by atoms with van der Waals surface area (Å²) in [5, 5.41) is 0.832. The minimum atomic E-state index is 0.484. The summed E-state index contributed by atoms with van der Waals surface area (Å²) in [6.07, 6.45) is 8.20. The van der Waals surface area contributed by atoms with Gasteiger partial charge in [-0.3, -0.25) is 0 Å². The molecule has 2 aromatic rings. The molecule has 0 bridgehead atoms. The van der Waals surface area contributed by atoms with E-state index in [0.29, 0.717) is 5.92 Å². The molecule has 2 aromatic carbocycles. The van der Waals surface area contributed by atoms with Crippen LogP contribution in [0.15, 0.2) is 59.5 Å². The topological polar surface area (TPSA) is 3.24 Å². The van der Waals surface area contributed by atoms with E-state index in [1.165, 1.54) is 48.1 Å². The van der Waals surface area contributed by atoms with Crippen LogP contribution in [0.3, 0.4) is 0 Å². The third-order valence-corrected chi connectivity index (χ3v) is 6.55. The van der Waals surface area contributed by atoms with E-state index in [1.807, 2.05) is 0 Å². The number of hydrogen-bond acceptors (Lipinski definition) is 2. The van der Waals surface area contributed by atoms with Gasteiger partial charge >= 0.3 is 0 Å². The number of nitrogens with zero attached hydrogens (tertiary/aromatic N) is 1. The lowest BCUT2D eigenvalue weighted by Crippen LogP contribution is -2.16. The third kappa shape index (κ3) is 5.62. The predicted octanol–water partition coefficient (Wildman–Crippen LogP) is 6.20. The fourth-order valence-electron chi connectivity index (χ4n) is 3.75. The van der Waals surface area contributed by atoms with E-state index >= 15 is 0 Å². The molecule has 1 nitrogen and oxygen atoms in total. The molecule has 0 radical (unpaired) electrons. The number of hydrogen-bond donors (Lipinski definition) is 0. The third-order valence-electron chi connectivity index (χ3n) is 5.20. The molecule has 25 heavy (non-hydrogen) atoms. The Morgan fingerprint density at radius 3 is 2.16 bits per heavy atom. The lowest BCUT2D eigenvalue weighted by molar-refractivity contribution is 0.390.